The van der Waals surface area contributed by atoms with Crippen molar-refractivity contribution in [2.45, 2.75) is 46.6 Å². The lowest BCUT2D eigenvalue weighted by Gasteiger charge is -2.30. The monoisotopic (exact) mass is 172 g/mol. The molecule has 0 aromatic rings. The number of hydrogen-bond acceptors (Lipinski definition) is 2. The minimum atomic E-state index is 0.214. The predicted molar refractivity (Wildman–Crippen MR) is 55.2 cm³/mol. The second kappa shape index (κ2) is 4.24. The van der Waals surface area contributed by atoms with Crippen molar-refractivity contribution < 1.29 is 0 Å². The Kier molecular flexibility index (Phi) is 4.21. The van der Waals surface area contributed by atoms with Gasteiger partial charge in [0.25, 0.3) is 0 Å². The first-order valence-electron chi connectivity index (χ1n) is 4.72. The molecule has 0 rings (SSSR count). The average Bonchev–Trinajstić information content (AvgIpc) is 1.83. The highest BCUT2D eigenvalue weighted by Gasteiger charge is 2.19. The normalized spacial score (nSPS) is 13.5. The van der Waals surface area contributed by atoms with Crippen molar-refractivity contribution in [1.82, 2.24) is 5.32 Å². The van der Waals surface area contributed by atoms with Gasteiger partial charge in [-0.2, -0.15) is 0 Å². The van der Waals surface area contributed by atoms with E-state index in [-0.39, 0.29) is 5.54 Å². The van der Waals surface area contributed by atoms with E-state index in [0.29, 0.717) is 5.41 Å². The summed E-state index contributed by atoms with van der Waals surface area (Å²) in [7, 11) is 0. The lowest BCUT2D eigenvalue weighted by Crippen LogP contribution is -2.42. The molecule has 12 heavy (non-hydrogen) atoms. The van der Waals surface area contributed by atoms with Crippen LogP contribution >= 0.6 is 0 Å². The molecule has 0 aromatic heterocycles. The van der Waals surface area contributed by atoms with Crippen molar-refractivity contribution in [3.63, 3.8) is 0 Å². The molecule has 0 fully saturated rings. The van der Waals surface area contributed by atoms with Crippen molar-refractivity contribution in [3.05, 3.63) is 0 Å². The summed E-state index contributed by atoms with van der Waals surface area (Å²) in [5.41, 5.74) is 6.06. The molecule has 3 N–H and O–H groups in total. The third-order valence-corrected chi connectivity index (χ3v) is 1.92. The largest absolute Gasteiger partial charge is 0.330 e. The van der Waals surface area contributed by atoms with Crippen LogP contribution in [-0.4, -0.2) is 18.6 Å². The molecule has 74 valence electrons. The highest BCUT2D eigenvalue weighted by molar-refractivity contribution is 4.78. The zero-order valence-electron chi connectivity index (χ0n) is 9.20. The topological polar surface area (TPSA) is 38.0 Å². The number of rotatable bonds is 4. The molecule has 0 atom stereocenters. The van der Waals surface area contributed by atoms with Crippen LogP contribution in [0.2, 0.25) is 0 Å². The minimum absolute atomic E-state index is 0.214. The Balaban J connectivity index is 3.75. The number of nitrogens with one attached hydrogen (secondary N) is 1. The molecule has 0 aromatic carbocycles. The zero-order chi connectivity index (χ0) is 9.83. The smallest absolute Gasteiger partial charge is 0.00967 e. The summed E-state index contributed by atoms with van der Waals surface area (Å²) in [6.07, 6.45) is 1.08. The van der Waals surface area contributed by atoms with E-state index in [1.54, 1.807) is 0 Å². The van der Waals surface area contributed by atoms with Gasteiger partial charge in [-0.3, -0.25) is 0 Å². The van der Waals surface area contributed by atoms with Gasteiger partial charge < -0.3 is 11.1 Å². The SMILES string of the molecule is CC(C)(CCN)CNC(C)(C)C. The summed E-state index contributed by atoms with van der Waals surface area (Å²) in [6, 6.07) is 0. The van der Waals surface area contributed by atoms with Crippen LogP contribution in [0.15, 0.2) is 0 Å². The Bertz CT molecular complexity index is 122. The summed E-state index contributed by atoms with van der Waals surface area (Å²) in [4.78, 5) is 0. The van der Waals surface area contributed by atoms with E-state index in [9.17, 15) is 0 Å². The van der Waals surface area contributed by atoms with Crippen LogP contribution in [0, 0.1) is 5.41 Å². The molecular weight excluding hydrogens is 148 g/mol. The van der Waals surface area contributed by atoms with Crippen LogP contribution in [-0.2, 0) is 0 Å². The van der Waals surface area contributed by atoms with Gasteiger partial charge in [0.2, 0.25) is 0 Å². The van der Waals surface area contributed by atoms with E-state index in [1.165, 1.54) is 0 Å². The predicted octanol–water partition coefficient (Wildman–Crippen LogP) is 1.75. The van der Waals surface area contributed by atoms with Crippen LogP contribution in [0.5, 0.6) is 0 Å². The lowest BCUT2D eigenvalue weighted by molar-refractivity contribution is 0.277. The van der Waals surface area contributed by atoms with Gasteiger partial charge in [-0.05, 0) is 39.2 Å². The molecule has 0 saturated carbocycles. The Labute approximate surface area is 76.9 Å². The Morgan fingerprint density at radius 2 is 1.58 bits per heavy atom. The van der Waals surface area contributed by atoms with Crippen LogP contribution in [0.1, 0.15) is 41.0 Å². The molecule has 0 bridgehead atoms. The quantitative estimate of drug-likeness (QED) is 0.678. The summed E-state index contributed by atoms with van der Waals surface area (Å²) in [5.74, 6) is 0. The second-order valence-corrected chi connectivity index (χ2v) is 5.31. The molecule has 0 saturated heterocycles. The van der Waals surface area contributed by atoms with Crippen LogP contribution in [0.25, 0.3) is 0 Å². The third kappa shape index (κ3) is 6.62. The molecule has 0 amide bonds. The van der Waals surface area contributed by atoms with Gasteiger partial charge in [0.1, 0.15) is 0 Å². The van der Waals surface area contributed by atoms with E-state index in [0.717, 1.165) is 19.5 Å². The first-order chi connectivity index (χ1) is 5.27. The van der Waals surface area contributed by atoms with Crippen molar-refractivity contribution in [2.75, 3.05) is 13.1 Å². The van der Waals surface area contributed by atoms with E-state index in [1.807, 2.05) is 0 Å². The van der Waals surface area contributed by atoms with Gasteiger partial charge in [-0.15, -0.1) is 0 Å². The molecular formula is C10H24N2. The molecule has 2 nitrogen and oxygen atoms in total. The molecule has 0 aliphatic carbocycles. The molecule has 0 radical (unpaired) electrons. The van der Waals surface area contributed by atoms with E-state index < -0.39 is 0 Å². The van der Waals surface area contributed by atoms with Gasteiger partial charge in [-0.1, -0.05) is 13.8 Å². The molecule has 0 spiro atoms. The first-order valence-corrected chi connectivity index (χ1v) is 4.72. The fraction of sp³-hybridized carbons (Fsp3) is 1.00. The van der Waals surface area contributed by atoms with E-state index in [2.05, 4.69) is 39.9 Å². The Morgan fingerprint density at radius 1 is 1.08 bits per heavy atom. The maximum absolute atomic E-state index is 5.53. The van der Waals surface area contributed by atoms with Gasteiger partial charge in [-0.25, -0.2) is 0 Å². The second-order valence-electron chi connectivity index (χ2n) is 5.31. The van der Waals surface area contributed by atoms with Gasteiger partial charge in [0.15, 0.2) is 0 Å². The van der Waals surface area contributed by atoms with Crippen LogP contribution < -0.4 is 11.1 Å². The maximum Gasteiger partial charge on any atom is 0.00967 e. The summed E-state index contributed by atoms with van der Waals surface area (Å²) in [5, 5.41) is 3.49. The van der Waals surface area contributed by atoms with E-state index in [4.69, 9.17) is 5.73 Å². The Hall–Kier alpha value is -0.0800. The summed E-state index contributed by atoms with van der Waals surface area (Å²) < 4.78 is 0. The van der Waals surface area contributed by atoms with Crippen LogP contribution in [0.4, 0.5) is 0 Å². The number of hydrogen-bond donors (Lipinski definition) is 2. The van der Waals surface area contributed by atoms with Crippen molar-refractivity contribution >= 4 is 0 Å². The van der Waals surface area contributed by atoms with E-state index >= 15 is 0 Å². The summed E-state index contributed by atoms with van der Waals surface area (Å²) >= 11 is 0. The van der Waals surface area contributed by atoms with Crippen molar-refractivity contribution in [3.8, 4) is 0 Å². The molecule has 0 aliphatic heterocycles. The Morgan fingerprint density at radius 3 is 1.92 bits per heavy atom. The maximum atomic E-state index is 5.53. The van der Waals surface area contributed by atoms with Gasteiger partial charge in [0, 0.05) is 12.1 Å². The molecule has 0 aliphatic rings. The van der Waals surface area contributed by atoms with Gasteiger partial charge in [0.05, 0.1) is 0 Å². The lowest BCUT2D eigenvalue weighted by atomic mass is 9.88. The number of nitrogens with two attached hydrogens (primary N) is 1. The molecule has 0 heterocycles. The molecule has 2 heteroatoms. The standard InChI is InChI=1S/C10H24N2/c1-9(2,3)12-8-10(4,5)6-7-11/h12H,6-8,11H2,1-5H3. The van der Waals surface area contributed by atoms with Crippen molar-refractivity contribution in [1.29, 1.82) is 0 Å². The highest BCUT2D eigenvalue weighted by atomic mass is 15.0. The highest BCUT2D eigenvalue weighted by Crippen LogP contribution is 2.18. The minimum Gasteiger partial charge on any atom is -0.330 e. The third-order valence-electron chi connectivity index (χ3n) is 1.92. The summed E-state index contributed by atoms with van der Waals surface area (Å²) in [6.45, 7) is 12.9. The first kappa shape index (κ1) is 11.9. The fourth-order valence-electron chi connectivity index (χ4n) is 0.984. The van der Waals surface area contributed by atoms with Crippen molar-refractivity contribution in [2.24, 2.45) is 11.1 Å². The molecule has 0 unspecified atom stereocenters. The van der Waals surface area contributed by atoms with Crippen LogP contribution in [0.3, 0.4) is 0 Å². The average molecular weight is 172 g/mol. The fourth-order valence-corrected chi connectivity index (χ4v) is 0.984. The van der Waals surface area contributed by atoms with Gasteiger partial charge >= 0.3 is 0 Å². The zero-order valence-corrected chi connectivity index (χ0v) is 9.20.